The Kier molecular flexibility index (Phi) is 7.64. The van der Waals surface area contributed by atoms with Gasteiger partial charge in [0, 0.05) is 35.2 Å². The monoisotopic (exact) mass is 483 g/mol. The molecular formula is C25H23F2N3O3S. The maximum atomic E-state index is 12.6. The molecule has 176 valence electrons. The van der Waals surface area contributed by atoms with E-state index in [1.54, 1.807) is 36.0 Å². The van der Waals surface area contributed by atoms with Crippen molar-refractivity contribution in [3.05, 3.63) is 89.9 Å². The molecule has 2 heterocycles. The summed E-state index contributed by atoms with van der Waals surface area (Å²) in [4.78, 5) is 18.1. The lowest BCUT2D eigenvalue weighted by Crippen LogP contribution is -2.25. The molecule has 2 aromatic carbocycles. The number of ether oxygens (including phenoxy) is 2. The predicted molar refractivity (Wildman–Crippen MR) is 127 cm³/mol. The Morgan fingerprint density at radius 2 is 1.94 bits per heavy atom. The highest BCUT2D eigenvalue weighted by Crippen LogP contribution is 2.29. The molecule has 9 heteroatoms. The van der Waals surface area contributed by atoms with Crippen molar-refractivity contribution in [3.8, 4) is 11.5 Å². The van der Waals surface area contributed by atoms with E-state index < -0.39 is 6.61 Å². The molecule has 0 spiro atoms. The quantitative estimate of drug-likeness (QED) is 0.314. The molecule has 2 aromatic heterocycles. The highest BCUT2D eigenvalue weighted by molar-refractivity contribution is 7.98. The molecule has 0 aliphatic carbocycles. The topological polar surface area (TPSA) is 64.9 Å². The third kappa shape index (κ3) is 6.05. The lowest BCUT2D eigenvalue weighted by atomic mass is 10.1. The minimum Gasteiger partial charge on any atom is -0.493 e. The van der Waals surface area contributed by atoms with Crippen molar-refractivity contribution in [2.45, 2.75) is 23.7 Å². The van der Waals surface area contributed by atoms with E-state index in [1.165, 1.54) is 13.2 Å². The van der Waals surface area contributed by atoms with Crippen molar-refractivity contribution in [1.29, 1.82) is 0 Å². The summed E-state index contributed by atoms with van der Waals surface area (Å²) >= 11 is 1.65. The number of carbonyl (C=O) groups excluding carboxylic acids is 1. The summed E-state index contributed by atoms with van der Waals surface area (Å²) in [5.41, 5.74) is 3.19. The third-order valence-corrected chi connectivity index (χ3v) is 6.11. The molecule has 1 N–H and O–H groups in total. The zero-order valence-electron chi connectivity index (χ0n) is 18.4. The summed E-state index contributed by atoms with van der Waals surface area (Å²) in [6, 6.07) is 18.1. The average molecular weight is 484 g/mol. The van der Waals surface area contributed by atoms with E-state index in [1.807, 2.05) is 47.1 Å². The second-order valence-corrected chi connectivity index (χ2v) is 8.43. The molecule has 0 radical (unpaired) electrons. The Labute approximate surface area is 199 Å². The van der Waals surface area contributed by atoms with Crippen LogP contribution in [-0.2, 0) is 12.2 Å². The van der Waals surface area contributed by atoms with E-state index in [-0.39, 0.29) is 17.4 Å². The number of carbonyl (C=O) groups is 1. The number of halogens is 2. The molecule has 0 fully saturated rings. The Hall–Kier alpha value is -3.59. The van der Waals surface area contributed by atoms with Crippen LogP contribution in [0, 0.1) is 0 Å². The Balaban J connectivity index is 1.27. The van der Waals surface area contributed by atoms with Gasteiger partial charge in [-0.05, 0) is 60.5 Å². The third-order valence-electron chi connectivity index (χ3n) is 5.06. The first kappa shape index (κ1) is 23.6. The highest BCUT2D eigenvalue weighted by Gasteiger charge is 2.12. The van der Waals surface area contributed by atoms with Gasteiger partial charge in [0.1, 0.15) is 5.65 Å². The Morgan fingerprint density at radius 3 is 2.68 bits per heavy atom. The van der Waals surface area contributed by atoms with Crippen LogP contribution in [0.25, 0.3) is 5.65 Å². The Morgan fingerprint density at radius 1 is 1.12 bits per heavy atom. The largest absolute Gasteiger partial charge is 0.493 e. The lowest BCUT2D eigenvalue weighted by molar-refractivity contribution is -0.0512. The minimum absolute atomic E-state index is 0.0296. The van der Waals surface area contributed by atoms with Gasteiger partial charge in [-0.15, -0.1) is 11.8 Å². The van der Waals surface area contributed by atoms with Gasteiger partial charge in [0.25, 0.3) is 5.91 Å². The summed E-state index contributed by atoms with van der Waals surface area (Å²) in [7, 11) is 1.39. The number of methoxy groups -OCH3 is 1. The van der Waals surface area contributed by atoms with Gasteiger partial charge in [-0.2, -0.15) is 8.78 Å². The van der Waals surface area contributed by atoms with E-state index >= 15 is 0 Å². The van der Waals surface area contributed by atoms with Gasteiger partial charge in [-0.3, -0.25) is 4.79 Å². The van der Waals surface area contributed by atoms with Gasteiger partial charge >= 0.3 is 6.61 Å². The molecule has 0 atom stereocenters. The number of benzene rings is 2. The number of thioether (sulfide) groups is 1. The number of hydrogen-bond acceptors (Lipinski definition) is 5. The number of nitrogens with one attached hydrogen (secondary N) is 1. The first-order valence-electron chi connectivity index (χ1n) is 10.6. The van der Waals surface area contributed by atoms with Crippen LogP contribution in [0.5, 0.6) is 11.5 Å². The van der Waals surface area contributed by atoms with Crippen molar-refractivity contribution < 1.29 is 23.0 Å². The van der Waals surface area contributed by atoms with E-state index in [2.05, 4.69) is 15.0 Å². The number of amides is 1. The van der Waals surface area contributed by atoms with E-state index in [4.69, 9.17) is 4.74 Å². The van der Waals surface area contributed by atoms with E-state index in [9.17, 15) is 13.6 Å². The summed E-state index contributed by atoms with van der Waals surface area (Å²) in [5, 5.41) is 2.85. The molecule has 0 unspecified atom stereocenters. The maximum absolute atomic E-state index is 12.6. The number of imidazole rings is 1. The molecular weight excluding hydrogens is 460 g/mol. The zero-order chi connectivity index (χ0) is 23.9. The standard InChI is InChI=1S/C25H23F2N3O3S/c1-32-21-10-5-17(14-22(21)33-25(26)27)11-12-28-24(31)18-6-8-20(9-7-18)34-16-19-15-30-13-3-2-4-23(30)29-19/h2-10,13-15,25H,11-12,16H2,1H3,(H,28,31). The van der Waals surface area contributed by atoms with Crippen LogP contribution < -0.4 is 14.8 Å². The maximum Gasteiger partial charge on any atom is 0.387 e. The van der Waals surface area contributed by atoms with Crippen molar-refractivity contribution >= 4 is 23.3 Å². The number of pyridine rings is 1. The van der Waals surface area contributed by atoms with Crippen molar-refractivity contribution in [3.63, 3.8) is 0 Å². The number of fused-ring (bicyclic) bond motifs is 1. The predicted octanol–water partition coefficient (Wildman–Crippen LogP) is 5.21. The van der Waals surface area contributed by atoms with Crippen LogP contribution in [-0.4, -0.2) is 35.6 Å². The zero-order valence-corrected chi connectivity index (χ0v) is 19.2. The van der Waals surface area contributed by atoms with Gasteiger partial charge in [0.2, 0.25) is 0 Å². The number of aromatic nitrogens is 2. The molecule has 6 nitrogen and oxygen atoms in total. The summed E-state index contributed by atoms with van der Waals surface area (Å²) in [5.74, 6) is 0.728. The fraction of sp³-hybridized carbons (Fsp3) is 0.200. The summed E-state index contributed by atoms with van der Waals surface area (Å²) in [6.07, 6.45) is 4.44. The van der Waals surface area contributed by atoms with Crippen LogP contribution in [0.3, 0.4) is 0 Å². The van der Waals surface area contributed by atoms with Crippen molar-refractivity contribution in [2.75, 3.05) is 13.7 Å². The first-order valence-corrected chi connectivity index (χ1v) is 11.6. The van der Waals surface area contributed by atoms with Gasteiger partial charge in [0.05, 0.1) is 12.8 Å². The van der Waals surface area contributed by atoms with Crippen LogP contribution >= 0.6 is 11.8 Å². The highest BCUT2D eigenvalue weighted by atomic mass is 32.2. The van der Waals surface area contributed by atoms with Crippen LogP contribution in [0.1, 0.15) is 21.6 Å². The smallest absolute Gasteiger partial charge is 0.387 e. The molecule has 0 aliphatic rings. The fourth-order valence-electron chi connectivity index (χ4n) is 3.40. The molecule has 0 aliphatic heterocycles. The van der Waals surface area contributed by atoms with E-state index in [0.29, 0.717) is 18.5 Å². The fourth-order valence-corrected chi connectivity index (χ4v) is 4.19. The van der Waals surface area contributed by atoms with Gasteiger partial charge in [0.15, 0.2) is 11.5 Å². The van der Waals surface area contributed by atoms with Gasteiger partial charge < -0.3 is 19.2 Å². The molecule has 0 saturated carbocycles. The van der Waals surface area contributed by atoms with Gasteiger partial charge in [-0.1, -0.05) is 12.1 Å². The van der Waals surface area contributed by atoms with Gasteiger partial charge in [-0.25, -0.2) is 4.98 Å². The Bertz CT molecular complexity index is 1230. The second-order valence-electron chi connectivity index (χ2n) is 7.38. The number of hydrogen-bond donors (Lipinski definition) is 1. The molecule has 4 rings (SSSR count). The minimum atomic E-state index is -2.94. The summed E-state index contributed by atoms with van der Waals surface area (Å²) in [6.45, 7) is -2.59. The SMILES string of the molecule is COc1ccc(CCNC(=O)c2ccc(SCc3cn4ccccc4n3)cc2)cc1OC(F)F. The average Bonchev–Trinajstić information content (AvgIpc) is 3.26. The molecule has 0 bridgehead atoms. The van der Waals surface area contributed by atoms with Crippen molar-refractivity contribution in [2.24, 2.45) is 0 Å². The number of nitrogens with zero attached hydrogens (tertiary/aromatic N) is 2. The molecule has 4 aromatic rings. The number of rotatable bonds is 10. The normalized spacial score (nSPS) is 11.1. The molecule has 1 amide bonds. The van der Waals surface area contributed by atoms with E-state index in [0.717, 1.165) is 27.6 Å². The van der Waals surface area contributed by atoms with Crippen LogP contribution in [0.15, 0.2) is 78.0 Å². The van der Waals surface area contributed by atoms with Crippen LogP contribution in [0.4, 0.5) is 8.78 Å². The second kappa shape index (κ2) is 11.0. The molecule has 0 saturated heterocycles. The van der Waals surface area contributed by atoms with Crippen molar-refractivity contribution in [1.82, 2.24) is 14.7 Å². The molecule has 34 heavy (non-hydrogen) atoms. The first-order chi connectivity index (χ1) is 16.5. The number of alkyl halides is 2. The lowest BCUT2D eigenvalue weighted by Gasteiger charge is -2.12. The van der Waals surface area contributed by atoms with Crippen LogP contribution in [0.2, 0.25) is 0 Å². The summed E-state index contributed by atoms with van der Waals surface area (Å²) < 4.78 is 36.7.